The summed E-state index contributed by atoms with van der Waals surface area (Å²) in [6.07, 6.45) is 3.33. The van der Waals surface area contributed by atoms with Crippen LogP contribution in [0.4, 0.5) is 0 Å². The maximum Gasteiger partial charge on any atom is 0.0979 e. The molecule has 1 saturated heterocycles. The zero-order valence-corrected chi connectivity index (χ0v) is 15.8. The number of benzene rings is 1. The second-order valence-corrected chi connectivity index (χ2v) is 8.80. The van der Waals surface area contributed by atoms with Crippen LogP contribution in [0.25, 0.3) is 0 Å². The first kappa shape index (κ1) is 17.1. The van der Waals surface area contributed by atoms with Gasteiger partial charge in [-0.25, -0.2) is 0 Å². The normalized spacial score (nSPS) is 20.8. The predicted molar refractivity (Wildman–Crippen MR) is 100 cm³/mol. The lowest BCUT2D eigenvalue weighted by atomic mass is 9.88. The van der Waals surface area contributed by atoms with Crippen LogP contribution in [0.1, 0.15) is 29.5 Å². The van der Waals surface area contributed by atoms with Gasteiger partial charge in [0.15, 0.2) is 0 Å². The zero-order chi connectivity index (χ0) is 17.3. The second kappa shape index (κ2) is 7.11. The third kappa shape index (κ3) is 3.36. The van der Waals surface area contributed by atoms with Crippen molar-refractivity contribution >= 4 is 28.8 Å². The molecule has 1 N–H and O–H groups in total. The number of ether oxygens (including phenoxy) is 2. The Morgan fingerprint density at radius 1 is 1.20 bits per heavy atom. The van der Waals surface area contributed by atoms with E-state index in [-0.39, 0.29) is 5.60 Å². The molecule has 6 heteroatoms. The van der Waals surface area contributed by atoms with Crippen molar-refractivity contribution < 1.29 is 14.7 Å². The molecule has 2 heterocycles. The highest BCUT2D eigenvalue weighted by Gasteiger charge is 2.35. The quantitative estimate of drug-likeness (QED) is 0.632. The lowest BCUT2D eigenvalue weighted by Gasteiger charge is -2.35. The van der Waals surface area contributed by atoms with E-state index in [2.05, 4.69) is 34.8 Å². The van der Waals surface area contributed by atoms with Gasteiger partial charge >= 0.3 is 0 Å². The van der Waals surface area contributed by atoms with E-state index in [9.17, 15) is 0 Å². The average molecular weight is 376 g/mol. The molecule has 4 nitrogen and oxygen atoms in total. The van der Waals surface area contributed by atoms with Crippen LogP contribution in [0, 0.1) is 0 Å². The number of hydrogen-bond donors (Lipinski definition) is 1. The first-order valence-electron chi connectivity index (χ1n) is 8.44. The predicted octanol–water partition coefficient (Wildman–Crippen LogP) is 4.48. The van der Waals surface area contributed by atoms with E-state index in [1.807, 2.05) is 0 Å². The molecule has 1 aromatic heterocycles. The van der Waals surface area contributed by atoms with E-state index >= 15 is 0 Å². The monoisotopic (exact) mass is 375 g/mol. The van der Waals surface area contributed by atoms with Gasteiger partial charge < -0.3 is 14.7 Å². The standard InChI is InChI=1S/C19H21NO3S2/c1-22-19(4-6-23-7-5-19)15-11-18(24-12-15)25-17-3-2-13-8-16(20-21)9-14(13)10-17/h2-3,10-12,21H,4-9H2,1H3. The SMILES string of the molecule is COC1(c2csc(Sc3ccc4c(c3)CC(=NO)C4)c2)CCOCC1. The number of hydrogen-bond acceptors (Lipinski definition) is 6. The number of oxime groups is 1. The molecular formula is C19H21NO3S2. The summed E-state index contributed by atoms with van der Waals surface area (Å²) in [6, 6.07) is 8.79. The Kier molecular flexibility index (Phi) is 4.86. The first-order chi connectivity index (χ1) is 12.2. The topological polar surface area (TPSA) is 51.0 Å². The second-order valence-electron chi connectivity index (χ2n) is 6.52. The van der Waals surface area contributed by atoms with Gasteiger partial charge in [-0.05, 0) is 40.3 Å². The van der Waals surface area contributed by atoms with Gasteiger partial charge in [0.2, 0.25) is 0 Å². The molecule has 1 aliphatic heterocycles. The third-order valence-corrected chi connectivity index (χ3v) is 7.19. The fourth-order valence-electron chi connectivity index (χ4n) is 3.61. The molecule has 2 aromatic rings. The summed E-state index contributed by atoms with van der Waals surface area (Å²) in [5.41, 5.74) is 4.45. The van der Waals surface area contributed by atoms with Gasteiger partial charge in [0.05, 0.1) is 15.5 Å². The zero-order valence-electron chi connectivity index (χ0n) is 14.2. The van der Waals surface area contributed by atoms with E-state index in [0.29, 0.717) is 0 Å². The Morgan fingerprint density at radius 2 is 2.00 bits per heavy atom. The fourth-order valence-corrected chi connectivity index (χ4v) is 5.71. The number of fused-ring (bicyclic) bond motifs is 1. The summed E-state index contributed by atoms with van der Waals surface area (Å²) in [4.78, 5) is 1.23. The maximum atomic E-state index is 8.98. The number of methoxy groups -OCH3 is 1. The van der Waals surface area contributed by atoms with E-state index < -0.39 is 0 Å². The minimum Gasteiger partial charge on any atom is -0.411 e. The Hall–Kier alpha value is -1.34. The highest BCUT2D eigenvalue weighted by molar-refractivity contribution is 8.01. The molecule has 1 aromatic carbocycles. The molecule has 0 bridgehead atoms. The average Bonchev–Trinajstić information content (AvgIpc) is 3.29. The number of rotatable bonds is 4. The highest BCUT2D eigenvalue weighted by atomic mass is 32.2. The van der Waals surface area contributed by atoms with Gasteiger partial charge in [-0.1, -0.05) is 23.0 Å². The lowest BCUT2D eigenvalue weighted by Crippen LogP contribution is -2.35. The van der Waals surface area contributed by atoms with Crippen LogP contribution in [-0.2, 0) is 27.9 Å². The highest BCUT2D eigenvalue weighted by Crippen LogP contribution is 2.42. The van der Waals surface area contributed by atoms with E-state index in [1.165, 1.54) is 25.8 Å². The van der Waals surface area contributed by atoms with Crippen LogP contribution in [0.15, 0.2) is 43.9 Å². The van der Waals surface area contributed by atoms with E-state index in [1.54, 1.807) is 30.2 Å². The van der Waals surface area contributed by atoms with E-state index in [0.717, 1.165) is 44.6 Å². The van der Waals surface area contributed by atoms with Crippen LogP contribution in [0.2, 0.25) is 0 Å². The Labute approximate surface area is 155 Å². The number of nitrogens with zero attached hydrogens (tertiary/aromatic N) is 1. The molecule has 2 aliphatic rings. The molecule has 0 unspecified atom stereocenters. The van der Waals surface area contributed by atoms with Crippen LogP contribution in [-0.4, -0.2) is 31.2 Å². The van der Waals surface area contributed by atoms with Crippen LogP contribution < -0.4 is 0 Å². The molecule has 0 atom stereocenters. The largest absolute Gasteiger partial charge is 0.411 e. The molecule has 25 heavy (non-hydrogen) atoms. The lowest BCUT2D eigenvalue weighted by molar-refractivity contribution is -0.0946. The van der Waals surface area contributed by atoms with Crippen LogP contribution in [0.3, 0.4) is 0 Å². The summed E-state index contributed by atoms with van der Waals surface area (Å²) < 4.78 is 12.7. The molecule has 0 saturated carbocycles. The van der Waals surface area contributed by atoms with Gasteiger partial charge in [0.25, 0.3) is 0 Å². The molecular weight excluding hydrogens is 354 g/mol. The maximum absolute atomic E-state index is 8.98. The minimum absolute atomic E-state index is 0.196. The summed E-state index contributed by atoms with van der Waals surface area (Å²) >= 11 is 3.55. The van der Waals surface area contributed by atoms with Crippen molar-refractivity contribution in [3.63, 3.8) is 0 Å². The summed E-state index contributed by atoms with van der Waals surface area (Å²) in [5.74, 6) is 0. The van der Waals surface area contributed by atoms with Gasteiger partial charge in [0, 0.05) is 50.9 Å². The van der Waals surface area contributed by atoms with Crippen molar-refractivity contribution in [1.29, 1.82) is 0 Å². The Balaban J connectivity index is 1.52. The summed E-state index contributed by atoms with van der Waals surface area (Å²) in [7, 11) is 1.80. The first-order valence-corrected chi connectivity index (χ1v) is 10.1. The van der Waals surface area contributed by atoms with Crippen molar-refractivity contribution in [3.05, 3.63) is 46.3 Å². The van der Waals surface area contributed by atoms with Gasteiger partial charge in [-0.2, -0.15) is 0 Å². The van der Waals surface area contributed by atoms with Crippen molar-refractivity contribution in [2.24, 2.45) is 5.16 Å². The van der Waals surface area contributed by atoms with Crippen molar-refractivity contribution in [2.45, 2.75) is 40.4 Å². The molecule has 132 valence electrons. The molecule has 0 amide bonds. The van der Waals surface area contributed by atoms with E-state index in [4.69, 9.17) is 14.7 Å². The molecule has 1 aliphatic carbocycles. The van der Waals surface area contributed by atoms with Gasteiger partial charge in [-0.3, -0.25) is 0 Å². The smallest absolute Gasteiger partial charge is 0.0979 e. The molecule has 0 radical (unpaired) electrons. The Bertz CT molecular complexity index is 794. The fraction of sp³-hybridized carbons (Fsp3) is 0.421. The van der Waals surface area contributed by atoms with Gasteiger partial charge in [-0.15, -0.1) is 11.3 Å². The summed E-state index contributed by atoms with van der Waals surface area (Å²) in [5, 5.41) is 14.6. The van der Waals surface area contributed by atoms with Gasteiger partial charge in [0.1, 0.15) is 0 Å². The van der Waals surface area contributed by atoms with Crippen LogP contribution in [0.5, 0.6) is 0 Å². The number of thiophene rings is 1. The molecule has 4 rings (SSSR count). The summed E-state index contributed by atoms with van der Waals surface area (Å²) in [6.45, 7) is 1.51. The Morgan fingerprint density at radius 3 is 2.76 bits per heavy atom. The van der Waals surface area contributed by atoms with Crippen molar-refractivity contribution in [3.8, 4) is 0 Å². The van der Waals surface area contributed by atoms with Crippen molar-refractivity contribution in [2.75, 3.05) is 20.3 Å². The minimum atomic E-state index is -0.196. The van der Waals surface area contributed by atoms with Crippen molar-refractivity contribution in [1.82, 2.24) is 0 Å². The van der Waals surface area contributed by atoms with Crippen LogP contribution >= 0.6 is 23.1 Å². The molecule has 0 spiro atoms. The third-order valence-electron chi connectivity index (χ3n) is 5.12. The molecule has 1 fully saturated rings.